The van der Waals surface area contributed by atoms with Crippen molar-refractivity contribution in [3.8, 4) is 34.5 Å². The number of amides is 1. The van der Waals surface area contributed by atoms with Crippen molar-refractivity contribution in [2.75, 3.05) is 27.6 Å². The smallest absolute Gasteiger partial charge is 0.241 e. The molecule has 2 aromatic rings. The lowest BCUT2D eigenvalue weighted by molar-refractivity contribution is -0.323. The molecule has 1 aliphatic carbocycles. The molecule has 4 aliphatic rings. The van der Waals surface area contributed by atoms with Crippen LogP contribution in [0.25, 0.3) is 0 Å². The molecule has 1 amide bonds. The van der Waals surface area contributed by atoms with E-state index in [1.165, 1.54) is 19.2 Å². The van der Waals surface area contributed by atoms with Gasteiger partial charge in [0, 0.05) is 23.1 Å². The maximum absolute atomic E-state index is 14.1. The fraction of sp³-hybridized carbons (Fsp3) is 0.444. The van der Waals surface area contributed by atoms with Crippen LogP contribution >= 0.6 is 0 Å². The molecule has 0 saturated carbocycles. The molecule has 6 rings (SSSR count). The molecule has 11 heteroatoms. The summed E-state index contributed by atoms with van der Waals surface area (Å²) in [6.07, 6.45) is 1.10. The molecule has 2 aromatic carbocycles. The Morgan fingerprint density at radius 3 is 2.63 bits per heavy atom. The Morgan fingerprint density at radius 2 is 2.00 bits per heavy atom. The fourth-order valence-electron chi connectivity index (χ4n) is 6.51. The maximum Gasteiger partial charge on any atom is 0.241 e. The van der Waals surface area contributed by atoms with Crippen molar-refractivity contribution in [3.05, 3.63) is 47.0 Å². The Morgan fingerprint density at radius 1 is 1.29 bits per heavy atom. The normalized spacial score (nSPS) is 26.4. The van der Waals surface area contributed by atoms with Crippen LogP contribution < -0.4 is 24.3 Å². The standard InChI is InChI=1S/C27H30N2O9/c1-5-6-35-20-12(2)21-23(37-11-36-21)18-15-10-27(19(18)20)24(26(33)38-27)29(15)25(32)14(28-3)7-13-8-16(30)22(34-4)17(31)9-13/h5,8-9,14-15,24,26,28,30-31,33H,1,6-7,10-11H2,2-4H3/t14-,15+,24+,26?,27-/m0/s1. The molecule has 1 spiro atoms. The van der Waals surface area contributed by atoms with Crippen molar-refractivity contribution in [3.63, 3.8) is 0 Å². The first-order valence-corrected chi connectivity index (χ1v) is 12.4. The second kappa shape index (κ2) is 8.69. The number of rotatable bonds is 8. The molecule has 1 unspecified atom stereocenters. The zero-order valence-electron chi connectivity index (χ0n) is 21.3. The van der Waals surface area contributed by atoms with E-state index in [1.54, 1.807) is 18.0 Å². The highest BCUT2D eigenvalue weighted by Crippen LogP contribution is 2.70. The van der Waals surface area contributed by atoms with E-state index < -0.39 is 30.0 Å². The van der Waals surface area contributed by atoms with Crippen LogP contribution in [0, 0.1) is 6.92 Å². The highest BCUT2D eigenvalue weighted by molar-refractivity contribution is 5.86. The Bertz CT molecular complexity index is 1320. The summed E-state index contributed by atoms with van der Waals surface area (Å²) in [5.74, 6) is 1.00. The molecule has 3 heterocycles. The predicted octanol–water partition coefficient (Wildman–Crippen LogP) is 1.74. The molecule has 0 aromatic heterocycles. The van der Waals surface area contributed by atoms with Gasteiger partial charge in [0.05, 0.1) is 19.2 Å². The number of ether oxygens (including phenoxy) is 5. The van der Waals surface area contributed by atoms with Gasteiger partial charge in [-0.25, -0.2) is 0 Å². The number of nitrogens with zero attached hydrogens (tertiary/aromatic N) is 1. The number of carbonyl (C=O) groups is 1. The molecule has 2 fully saturated rings. The van der Waals surface area contributed by atoms with Crippen molar-refractivity contribution in [1.82, 2.24) is 10.2 Å². The van der Waals surface area contributed by atoms with E-state index in [0.717, 1.165) is 16.7 Å². The van der Waals surface area contributed by atoms with Crippen molar-refractivity contribution < 1.29 is 43.8 Å². The summed E-state index contributed by atoms with van der Waals surface area (Å²) in [6.45, 7) is 5.96. The number of methoxy groups -OCH3 is 1. The number of aliphatic hydroxyl groups is 1. The van der Waals surface area contributed by atoms with E-state index in [1.807, 2.05) is 6.92 Å². The molecule has 11 nitrogen and oxygen atoms in total. The number of phenols is 2. The molecule has 2 bridgehead atoms. The number of phenolic OH excluding ortho intramolecular Hbond substituents is 2. The molecule has 202 valence electrons. The summed E-state index contributed by atoms with van der Waals surface area (Å²) in [6, 6.07) is 1.13. The van der Waals surface area contributed by atoms with Gasteiger partial charge in [0.25, 0.3) is 0 Å². The van der Waals surface area contributed by atoms with Gasteiger partial charge in [-0.05, 0) is 38.1 Å². The van der Waals surface area contributed by atoms with E-state index >= 15 is 0 Å². The molecule has 38 heavy (non-hydrogen) atoms. The third kappa shape index (κ3) is 3.15. The van der Waals surface area contributed by atoms with Gasteiger partial charge in [0.15, 0.2) is 29.3 Å². The number of carbonyl (C=O) groups excluding carboxylic acids is 1. The lowest BCUT2D eigenvalue weighted by atomic mass is 9.80. The van der Waals surface area contributed by atoms with Crippen LogP contribution in [-0.2, 0) is 21.6 Å². The van der Waals surface area contributed by atoms with Gasteiger partial charge in [0.1, 0.15) is 24.0 Å². The second-order valence-electron chi connectivity index (χ2n) is 9.93. The third-order valence-corrected chi connectivity index (χ3v) is 8.00. The SMILES string of the molecule is C=CCOc1c(C)c2c(c3c1[C@@]14C[C@H]3N(C(=O)[C@H](Cc3cc(O)c(OC)c(O)c3)NC)[C@@H]1C(O)O4)OCO2. The summed E-state index contributed by atoms with van der Waals surface area (Å²) >= 11 is 0. The van der Waals surface area contributed by atoms with Gasteiger partial charge in [-0.15, -0.1) is 0 Å². The average molecular weight is 527 g/mol. The molecule has 2 saturated heterocycles. The number of fused-ring (bicyclic) bond motifs is 5. The number of likely N-dealkylation sites (tertiary alicyclic amines) is 1. The summed E-state index contributed by atoms with van der Waals surface area (Å²) in [5.41, 5.74) is 1.93. The van der Waals surface area contributed by atoms with Crippen LogP contribution in [0.4, 0.5) is 0 Å². The topological polar surface area (TPSA) is 139 Å². The third-order valence-electron chi connectivity index (χ3n) is 8.00. The van der Waals surface area contributed by atoms with Crippen LogP contribution in [0.1, 0.15) is 34.7 Å². The summed E-state index contributed by atoms with van der Waals surface area (Å²) in [4.78, 5) is 15.7. The van der Waals surface area contributed by atoms with E-state index in [2.05, 4.69) is 11.9 Å². The Hall–Kier alpha value is -3.67. The largest absolute Gasteiger partial charge is 0.504 e. The van der Waals surface area contributed by atoms with Crippen LogP contribution in [0.2, 0.25) is 0 Å². The van der Waals surface area contributed by atoms with Crippen LogP contribution in [0.15, 0.2) is 24.8 Å². The van der Waals surface area contributed by atoms with E-state index in [0.29, 0.717) is 29.2 Å². The maximum atomic E-state index is 14.1. The van der Waals surface area contributed by atoms with E-state index in [4.69, 9.17) is 23.7 Å². The zero-order valence-corrected chi connectivity index (χ0v) is 21.3. The molecular weight excluding hydrogens is 496 g/mol. The van der Waals surface area contributed by atoms with Gasteiger partial charge >= 0.3 is 0 Å². The molecule has 5 atom stereocenters. The van der Waals surface area contributed by atoms with Crippen LogP contribution in [-0.4, -0.2) is 72.1 Å². The van der Waals surface area contributed by atoms with Crippen molar-refractivity contribution in [2.24, 2.45) is 0 Å². The highest BCUT2D eigenvalue weighted by Gasteiger charge is 2.74. The van der Waals surface area contributed by atoms with Gasteiger partial charge in [-0.3, -0.25) is 4.79 Å². The number of hydrogen-bond donors (Lipinski definition) is 4. The van der Waals surface area contributed by atoms with E-state index in [9.17, 15) is 20.1 Å². The average Bonchev–Trinajstić information content (AvgIpc) is 3.56. The fourth-order valence-corrected chi connectivity index (χ4v) is 6.51. The summed E-state index contributed by atoms with van der Waals surface area (Å²) in [5, 5.41) is 34.3. The predicted molar refractivity (Wildman–Crippen MR) is 133 cm³/mol. The van der Waals surface area contributed by atoms with Crippen LogP contribution in [0.5, 0.6) is 34.5 Å². The molecular formula is C27H30N2O9. The van der Waals surface area contributed by atoms with Gasteiger partial charge in [0.2, 0.25) is 18.4 Å². The molecule has 0 radical (unpaired) electrons. The van der Waals surface area contributed by atoms with Crippen molar-refractivity contribution in [2.45, 2.75) is 49.8 Å². The molecule has 4 N–H and O–H groups in total. The van der Waals surface area contributed by atoms with E-state index in [-0.39, 0.29) is 43.0 Å². The first-order chi connectivity index (χ1) is 18.3. The van der Waals surface area contributed by atoms with Gasteiger partial charge in [-0.2, -0.15) is 0 Å². The summed E-state index contributed by atoms with van der Waals surface area (Å²) < 4.78 is 28.8. The number of benzene rings is 2. The Kier molecular flexibility index (Phi) is 5.64. The van der Waals surface area contributed by atoms with Crippen molar-refractivity contribution >= 4 is 5.91 Å². The first-order valence-electron chi connectivity index (χ1n) is 12.4. The number of likely N-dealkylation sites (N-methyl/N-ethyl adjacent to an activating group) is 1. The Balaban J connectivity index is 1.39. The van der Waals surface area contributed by atoms with Gasteiger partial charge in [-0.1, -0.05) is 12.7 Å². The number of nitrogens with one attached hydrogen (secondary N) is 1. The molecule has 3 aliphatic heterocycles. The quantitative estimate of drug-likeness (QED) is 0.376. The number of aromatic hydroxyl groups is 2. The summed E-state index contributed by atoms with van der Waals surface area (Å²) in [7, 11) is 3.01. The Labute approximate surface area is 219 Å². The minimum Gasteiger partial charge on any atom is -0.504 e. The zero-order chi connectivity index (χ0) is 26.9. The number of aliphatic hydroxyl groups excluding tert-OH is 1. The monoisotopic (exact) mass is 526 g/mol. The number of hydrogen-bond acceptors (Lipinski definition) is 10. The first kappa shape index (κ1) is 24.7. The lowest BCUT2D eigenvalue weighted by Gasteiger charge is -2.53. The van der Waals surface area contributed by atoms with Gasteiger partial charge < -0.3 is 49.2 Å². The minimum absolute atomic E-state index is 0.0351. The second-order valence-corrected chi connectivity index (χ2v) is 9.93. The lowest BCUT2D eigenvalue weighted by Crippen LogP contribution is -2.67. The van der Waals surface area contributed by atoms with Crippen LogP contribution in [0.3, 0.4) is 0 Å². The minimum atomic E-state index is -1.17. The highest BCUT2D eigenvalue weighted by atomic mass is 16.7. The van der Waals surface area contributed by atoms with Crippen molar-refractivity contribution in [1.29, 1.82) is 0 Å².